The monoisotopic (exact) mass is 281 g/mol. The van der Waals surface area contributed by atoms with Crippen molar-refractivity contribution in [2.24, 2.45) is 0 Å². The molecule has 0 bridgehead atoms. The second-order valence-corrected chi connectivity index (χ2v) is 5.22. The van der Waals surface area contributed by atoms with Crippen molar-refractivity contribution < 1.29 is 14.6 Å². The average molecular weight is 281 g/mol. The maximum atomic E-state index is 10.8. The number of methoxy groups -OCH3 is 2. The molecule has 0 aliphatic rings. The van der Waals surface area contributed by atoms with E-state index < -0.39 is 6.10 Å². The number of rotatable bonds is 7. The number of hydrogen-bond acceptors (Lipinski definition) is 4. The first-order valence-corrected chi connectivity index (χ1v) is 7.04. The predicted molar refractivity (Wildman–Crippen MR) is 81.5 cm³/mol. The van der Waals surface area contributed by atoms with Crippen LogP contribution >= 0.6 is 0 Å². The van der Waals surface area contributed by atoms with E-state index in [1.807, 2.05) is 32.3 Å². The van der Waals surface area contributed by atoms with Gasteiger partial charge in [-0.05, 0) is 44.6 Å². The van der Waals surface area contributed by atoms with Crippen molar-refractivity contribution in [1.82, 2.24) is 4.90 Å². The SMILES string of the molecule is CCC(CC)(C(O)c1ccc(OC)c(OC)c1)N(C)C. The molecule has 1 aromatic rings. The van der Waals surface area contributed by atoms with Crippen LogP contribution in [0.25, 0.3) is 0 Å². The molecular formula is C16H27NO3. The molecule has 0 saturated heterocycles. The summed E-state index contributed by atoms with van der Waals surface area (Å²) in [5.74, 6) is 1.32. The van der Waals surface area contributed by atoms with E-state index in [0.717, 1.165) is 18.4 Å². The fraction of sp³-hybridized carbons (Fsp3) is 0.625. The zero-order chi connectivity index (χ0) is 15.3. The molecule has 0 saturated carbocycles. The minimum absolute atomic E-state index is 0.278. The molecule has 0 amide bonds. The molecule has 0 spiro atoms. The molecule has 1 aromatic carbocycles. The van der Waals surface area contributed by atoms with Crippen molar-refractivity contribution in [1.29, 1.82) is 0 Å². The average Bonchev–Trinajstić information content (AvgIpc) is 2.47. The van der Waals surface area contributed by atoms with Gasteiger partial charge in [0, 0.05) is 5.54 Å². The quantitative estimate of drug-likeness (QED) is 0.834. The van der Waals surface area contributed by atoms with Crippen LogP contribution in [-0.2, 0) is 0 Å². The Morgan fingerprint density at radius 1 is 1.10 bits per heavy atom. The number of benzene rings is 1. The van der Waals surface area contributed by atoms with Gasteiger partial charge in [0.2, 0.25) is 0 Å². The number of hydrogen-bond donors (Lipinski definition) is 1. The number of aliphatic hydroxyl groups is 1. The minimum Gasteiger partial charge on any atom is -0.493 e. The minimum atomic E-state index is -0.577. The van der Waals surface area contributed by atoms with Crippen LogP contribution in [0, 0.1) is 0 Å². The first-order valence-electron chi connectivity index (χ1n) is 7.04. The van der Waals surface area contributed by atoms with Crippen molar-refractivity contribution in [2.75, 3.05) is 28.3 Å². The summed E-state index contributed by atoms with van der Waals surface area (Å²) in [5, 5.41) is 10.8. The van der Waals surface area contributed by atoms with Crippen LogP contribution in [0.1, 0.15) is 38.4 Å². The molecule has 0 radical (unpaired) electrons. The molecule has 1 atom stereocenters. The lowest BCUT2D eigenvalue weighted by Gasteiger charge is -2.42. The van der Waals surface area contributed by atoms with E-state index in [0.29, 0.717) is 11.5 Å². The molecule has 0 aliphatic carbocycles. The van der Waals surface area contributed by atoms with Crippen molar-refractivity contribution in [3.63, 3.8) is 0 Å². The van der Waals surface area contributed by atoms with Gasteiger partial charge in [-0.3, -0.25) is 0 Å². The highest BCUT2D eigenvalue weighted by atomic mass is 16.5. The van der Waals surface area contributed by atoms with E-state index in [2.05, 4.69) is 18.7 Å². The van der Waals surface area contributed by atoms with Crippen LogP contribution in [0.5, 0.6) is 11.5 Å². The molecular weight excluding hydrogens is 254 g/mol. The van der Waals surface area contributed by atoms with Crippen molar-refractivity contribution >= 4 is 0 Å². The molecule has 4 heteroatoms. The largest absolute Gasteiger partial charge is 0.493 e. The fourth-order valence-electron chi connectivity index (χ4n) is 2.85. The third kappa shape index (κ3) is 2.91. The highest BCUT2D eigenvalue weighted by Crippen LogP contribution is 2.38. The van der Waals surface area contributed by atoms with E-state index in [4.69, 9.17) is 9.47 Å². The summed E-state index contributed by atoms with van der Waals surface area (Å²) < 4.78 is 10.6. The lowest BCUT2D eigenvalue weighted by Crippen LogP contribution is -2.48. The lowest BCUT2D eigenvalue weighted by molar-refractivity contribution is -0.0150. The Hall–Kier alpha value is -1.26. The first-order chi connectivity index (χ1) is 9.46. The van der Waals surface area contributed by atoms with E-state index >= 15 is 0 Å². The second-order valence-electron chi connectivity index (χ2n) is 5.22. The summed E-state index contributed by atoms with van der Waals surface area (Å²) in [6.45, 7) is 4.21. The van der Waals surface area contributed by atoms with Crippen LogP contribution in [0.2, 0.25) is 0 Å². The third-order valence-electron chi connectivity index (χ3n) is 4.35. The van der Waals surface area contributed by atoms with Gasteiger partial charge in [0.1, 0.15) is 0 Å². The Labute approximate surface area is 122 Å². The number of ether oxygens (including phenoxy) is 2. The van der Waals surface area contributed by atoms with E-state index in [1.165, 1.54) is 0 Å². The molecule has 0 heterocycles. The van der Waals surface area contributed by atoms with Crippen LogP contribution in [0.4, 0.5) is 0 Å². The van der Waals surface area contributed by atoms with E-state index in [9.17, 15) is 5.11 Å². The number of nitrogens with zero attached hydrogens (tertiary/aromatic N) is 1. The van der Waals surface area contributed by atoms with E-state index in [1.54, 1.807) is 14.2 Å². The van der Waals surface area contributed by atoms with Crippen LogP contribution in [0.3, 0.4) is 0 Å². The smallest absolute Gasteiger partial charge is 0.161 e. The Bertz CT molecular complexity index is 428. The standard InChI is InChI=1S/C16H27NO3/c1-7-16(8-2,17(3)4)15(18)12-9-10-13(19-5)14(11-12)20-6/h9-11,15,18H,7-8H2,1-6H3. The van der Waals surface area contributed by atoms with Crippen LogP contribution in [-0.4, -0.2) is 43.9 Å². The summed E-state index contributed by atoms with van der Waals surface area (Å²) >= 11 is 0. The Balaban J connectivity index is 3.22. The van der Waals surface area contributed by atoms with Crippen molar-refractivity contribution in [3.05, 3.63) is 23.8 Å². The molecule has 0 aromatic heterocycles. The predicted octanol–water partition coefficient (Wildman–Crippen LogP) is 2.86. The van der Waals surface area contributed by atoms with E-state index in [-0.39, 0.29) is 5.54 Å². The van der Waals surface area contributed by atoms with Gasteiger partial charge in [-0.15, -0.1) is 0 Å². The summed E-state index contributed by atoms with van der Waals surface area (Å²) in [5.41, 5.74) is 0.569. The molecule has 4 nitrogen and oxygen atoms in total. The van der Waals surface area contributed by atoms with Crippen LogP contribution < -0.4 is 9.47 Å². The zero-order valence-electron chi connectivity index (χ0n) is 13.4. The van der Waals surface area contributed by atoms with Crippen molar-refractivity contribution in [2.45, 2.75) is 38.3 Å². The van der Waals surface area contributed by atoms with Gasteiger partial charge in [0.15, 0.2) is 11.5 Å². The molecule has 1 rings (SSSR count). The number of aliphatic hydroxyl groups excluding tert-OH is 1. The van der Waals surface area contributed by atoms with Gasteiger partial charge in [-0.25, -0.2) is 0 Å². The molecule has 20 heavy (non-hydrogen) atoms. The van der Waals surface area contributed by atoms with Crippen LogP contribution in [0.15, 0.2) is 18.2 Å². The van der Waals surface area contributed by atoms with Gasteiger partial charge < -0.3 is 19.5 Å². The molecule has 114 valence electrons. The summed E-state index contributed by atoms with van der Waals surface area (Å²) in [6, 6.07) is 5.59. The van der Waals surface area contributed by atoms with Gasteiger partial charge in [-0.1, -0.05) is 19.9 Å². The Morgan fingerprint density at radius 3 is 2.05 bits per heavy atom. The summed E-state index contributed by atoms with van der Waals surface area (Å²) in [4.78, 5) is 2.11. The zero-order valence-corrected chi connectivity index (χ0v) is 13.4. The van der Waals surface area contributed by atoms with Crippen molar-refractivity contribution in [3.8, 4) is 11.5 Å². The fourth-order valence-corrected chi connectivity index (χ4v) is 2.85. The maximum Gasteiger partial charge on any atom is 0.161 e. The molecule has 0 fully saturated rings. The topological polar surface area (TPSA) is 41.9 Å². The van der Waals surface area contributed by atoms with Gasteiger partial charge in [0.05, 0.1) is 20.3 Å². The third-order valence-corrected chi connectivity index (χ3v) is 4.35. The van der Waals surface area contributed by atoms with Gasteiger partial charge in [0.25, 0.3) is 0 Å². The lowest BCUT2D eigenvalue weighted by atomic mass is 9.81. The summed E-state index contributed by atoms with van der Waals surface area (Å²) in [6.07, 6.45) is 1.16. The Kier molecular flexibility index (Phi) is 5.84. The first kappa shape index (κ1) is 16.8. The Morgan fingerprint density at radius 2 is 1.65 bits per heavy atom. The maximum absolute atomic E-state index is 10.8. The molecule has 0 aliphatic heterocycles. The molecule has 1 N–H and O–H groups in total. The number of likely N-dealkylation sites (N-methyl/N-ethyl adjacent to an activating group) is 1. The van der Waals surface area contributed by atoms with Gasteiger partial charge >= 0.3 is 0 Å². The second kappa shape index (κ2) is 6.95. The highest BCUT2D eigenvalue weighted by Gasteiger charge is 2.37. The highest BCUT2D eigenvalue weighted by molar-refractivity contribution is 5.44. The molecule has 1 unspecified atom stereocenters. The normalized spacial score (nSPS) is 13.4. The summed E-state index contributed by atoms with van der Waals surface area (Å²) in [7, 11) is 7.23. The van der Waals surface area contributed by atoms with Gasteiger partial charge in [-0.2, -0.15) is 0 Å².